The van der Waals surface area contributed by atoms with Crippen molar-refractivity contribution in [3.8, 4) is 5.75 Å². The summed E-state index contributed by atoms with van der Waals surface area (Å²) in [5.41, 5.74) is 6.26. The summed E-state index contributed by atoms with van der Waals surface area (Å²) in [4.78, 5) is 4.03. The molecule has 1 heterocycles. The van der Waals surface area contributed by atoms with Gasteiger partial charge in [0.1, 0.15) is 5.75 Å². The van der Waals surface area contributed by atoms with Crippen molar-refractivity contribution in [2.75, 3.05) is 0 Å². The van der Waals surface area contributed by atoms with Gasteiger partial charge in [0.2, 0.25) is 0 Å². The van der Waals surface area contributed by atoms with Gasteiger partial charge in [0, 0.05) is 10.7 Å². The van der Waals surface area contributed by atoms with E-state index in [1.54, 1.807) is 12.3 Å². The van der Waals surface area contributed by atoms with E-state index in [0.717, 1.165) is 10.9 Å². The highest BCUT2D eigenvalue weighted by Crippen LogP contribution is 2.24. The van der Waals surface area contributed by atoms with Gasteiger partial charge in [-0.2, -0.15) is 0 Å². The fourth-order valence-corrected chi connectivity index (χ4v) is 1.24. The Hall–Kier alpha value is -0.610. The van der Waals surface area contributed by atoms with Crippen LogP contribution in [0, 0.1) is 0 Å². The van der Waals surface area contributed by atoms with Gasteiger partial charge in [-0.25, -0.2) is 0 Å². The van der Waals surface area contributed by atoms with Crippen LogP contribution in [0.2, 0.25) is 0 Å². The van der Waals surface area contributed by atoms with Gasteiger partial charge in [0.05, 0.1) is 11.7 Å². The van der Waals surface area contributed by atoms with Crippen LogP contribution in [0.25, 0.3) is 0 Å². The maximum Gasteiger partial charge on any atom is 0.139 e. The highest BCUT2D eigenvalue weighted by Gasteiger charge is 2.10. The summed E-state index contributed by atoms with van der Waals surface area (Å²) in [7, 11) is 0. The van der Waals surface area contributed by atoms with Gasteiger partial charge in [0.15, 0.2) is 0 Å². The third kappa shape index (κ3) is 1.95. The standard InChI is InChI=1S/C8H11BrN2O/c1-2-6(10)8-7(12)3-5(9)4-11-8/h3-4,6,12H,2,10H2,1H3/t6-/m0/s1. The predicted octanol–water partition coefficient (Wildman–Crippen LogP) is 1.96. The van der Waals surface area contributed by atoms with E-state index in [1.165, 1.54) is 0 Å². The zero-order valence-electron chi connectivity index (χ0n) is 6.79. The van der Waals surface area contributed by atoms with Crippen LogP contribution in [0.1, 0.15) is 25.1 Å². The summed E-state index contributed by atoms with van der Waals surface area (Å²) < 4.78 is 0.757. The number of halogens is 1. The molecule has 4 heteroatoms. The molecule has 1 atom stereocenters. The highest BCUT2D eigenvalue weighted by atomic mass is 79.9. The number of pyridine rings is 1. The molecule has 1 aromatic heterocycles. The molecule has 66 valence electrons. The van der Waals surface area contributed by atoms with Crippen molar-refractivity contribution in [3.63, 3.8) is 0 Å². The number of hydrogen-bond acceptors (Lipinski definition) is 3. The van der Waals surface area contributed by atoms with Gasteiger partial charge >= 0.3 is 0 Å². The molecule has 0 fully saturated rings. The van der Waals surface area contributed by atoms with Crippen molar-refractivity contribution < 1.29 is 5.11 Å². The Labute approximate surface area is 79.7 Å². The third-order valence-electron chi connectivity index (χ3n) is 1.66. The van der Waals surface area contributed by atoms with E-state index in [9.17, 15) is 5.11 Å². The largest absolute Gasteiger partial charge is 0.506 e. The first-order valence-electron chi connectivity index (χ1n) is 3.75. The Kier molecular flexibility index (Phi) is 3.05. The molecule has 1 rings (SSSR count). The topological polar surface area (TPSA) is 59.1 Å². The molecule has 12 heavy (non-hydrogen) atoms. The Balaban J connectivity index is 3.01. The maximum atomic E-state index is 9.42. The smallest absolute Gasteiger partial charge is 0.139 e. The van der Waals surface area contributed by atoms with Gasteiger partial charge in [-0.05, 0) is 28.4 Å². The van der Waals surface area contributed by atoms with Crippen LogP contribution in [0.15, 0.2) is 16.7 Å². The van der Waals surface area contributed by atoms with E-state index in [1.807, 2.05) is 6.92 Å². The van der Waals surface area contributed by atoms with E-state index < -0.39 is 0 Å². The number of hydrogen-bond donors (Lipinski definition) is 2. The zero-order valence-corrected chi connectivity index (χ0v) is 8.37. The van der Waals surface area contributed by atoms with E-state index in [-0.39, 0.29) is 11.8 Å². The number of rotatable bonds is 2. The molecule has 0 saturated carbocycles. The van der Waals surface area contributed by atoms with Gasteiger partial charge in [0.25, 0.3) is 0 Å². The van der Waals surface area contributed by atoms with Crippen molar-refractivity contribution in [1.29, 1.82) is 0 Å². The van der Waals surface area contributed by atoms with Crippen LogP contribution >= 0.6 is 15.9 Å². The SMILES string of the molecule is CC[C@H](N)c1ncc(Br)cc1O. The second-order valence-corrected chi connectivity index (χ2v) is 3.49. The van der Waals surface area contributed by atoms with Crippen LogP contribution in [0.3, 0.4) is 0 Å². The fourth-order valence-electron chi connectivity index (χ4n) is 0.918. The normalized spacial score (nSPS) is 12.9. The van der Waals surface area contributed by atoms with Crippen molar-refractivity contribution >= 4 is 15.9 Å². The zero-order chi connectivity index (χ0) is 9.14. The molecule has 0 bridgehead atoms. The first-order valence-corrected chi connectivity index (χ1v) is 4.54. The first-order chi connectivity index (χ1) is 5.65. The Bertz CT molecular complexity index is 278. The molecule has 0 aliphatic rings. The van der Waals surface area contributed by atoms with Crippen LogP contribution < -0.4 is 5.73 Å². The number of nitrogens with zero attached hydrogens (tertiary/aromatic N) is 1. The monoisotopic (exact) mass is 230 g/mol. The molecule has 0 aliphatic carbocycles. The summed E-state index contributed by atoms with van der Waals surface area (Å²) >= 11 is 3.20. The van der Waals surface area contributed by atoms with Gasteiger partial charge in [-0.3, -0.25) is 4.98 Å². The van der Waals surface area contributed by atoms with Crippen LogP contribution in [0.5, 0.6) is 5.75 Å². The molecule has 1 aromatic rings. The van der Waals surface area contributed by atoms with Crippen LogP contribution in [0.4, 0.5) is 0 Å². The minimum atomic E-state index is -0.182. The summed E-state index contributed by atoms with van der Waals surface area (Å²) in [6.07, 6.45) is 2.40. The third-order valence-corrected chi connectivity index (χ3v) is 2.09. The number of aromatic hydroxyl groups is 1. The van der Waals surface area contributed by atoms with Gasteiger partial charge in [-0.1, -0.05) is 6.92 Å². The van der Waals surface area contributed by atoms with Gasteiger partial charge < -0.3 is 10.8 Å². The van der Waals surface area contributed by atoms with Gasteiger partial charge in [-0.15, -0.1) is 0 Å². The summed E-state index contributed by atoms with van der Waals surface area (Å²) in [6.45, 7) is 1.95. The molecule has 0 unspecified atom stereocenters. The summed E-state index contributed by atoms with van der Waals surface area (Å²) in [6, 6.07) is 1.41. The molecule has 3 nitrogen and oxygen atoms in total. The van der Waals surface area contributed by atoms with Crippen molar-refractivity contribution in [2.45, 2.75) is 19.4 Å². The highest BCUT2D eigenvalue weighted by molar-refractivity contribution is 9.10. The average Bonchev–Trinajstić information content (AvgIpc) is 2.03. The van der Waals surface area contributed by atoms with Crippen LogP contribution in [-0.4, -0.2) is 10.1 Å². The molecule has 3 N–H and O–H groups in total. The molecule has 0 radical (unpaired) electrons. The number of aromatic nitrogens is 1. The molecule has 0 aliphatic heterocycles. The van der Waals surface area contributed by atoms with E-state index in [4.69, 9.17) is 5.73 Å². The quantitative estimate of drug-likeness (QED) is 0.817. The molecule has 0 spiro atoms. The lowest BCUT2D eigenvalue weighted by atomic mass is 10.1. The summed E-state index contributed by atoms with van der Waals surface area (Å²) in [5, 5.41) is 9.42. The maximum absolute atomic E-state index is 9.42. The summed E-state index contributed by atoms with van der Waals surface area (Å²) in [5.74, 6) is 0.152. The Morgan fingerprint density at radius 2 is 2.42 bits per heavy atom. The molecular weight excluding hydrogens is 220 g/mol. The molecule has 0 aromatic carbocycles. The minimum absolute atomic E-state index is 0.152. The second kappa shape index (κ2) is 3.87. The lowest BCUT2D eigenvalue weighted by Crippen LogP contribution is -2.10. The first kappa shape index (κ1) is 9.48. The number of nitrogens with two attached hydrogens (primary N) is 1. The van der Waals surface area contributed by atoms with Crippen molar-refractivity contribution in [1.82, 2.24) is 4.98 Å². The predicted molar refractivity (Wildman–Crippen MR) is 50.8 cm³/mol. The second-order valence-electron chi connectivity index (χ2n) is 2.57. The Morgan fingerprint density at radius 3 is 2.92 bits per heavy atom. The molecule has 0 amide bonds. The van der Waals surface area contributed by atoms with Crippen molar-refractivity contribution in [3.05, 3.63) is 22.4 Å². The lowest BCUT2D eigenvalue weighted by molar-refractivity contribution is 0.454. The fraction of sp³-hybridized carbons (Fsp3) is 0.375. The van der Waals surface area contributed by atoms with E-state index in [0.29, 0.717) is 5.69 Å². The average molecular weight is 231 g/mol. The molecular formula is C8H11BrN2O. The Morgan fingerprint density at radius 1 is 1.75 bits per heavy atom. The van der Waals surface area contributed by atoms with Crippen molar-refractivity contribution in [2.24, 2.45) is 5.73 Å². The van der Waals surface area contributed by atoms with E-state index in [2.05, 4.69) is 20.9 Å². The van der Waals surface area contributed by atoms with Crippen LogP contribution in [-0.2, 0) is 0 Å². The minimum Gasteiger partial charge on any atom is -0.506 e. The van der Waals surface area contributed by atoms with E-state index >= 15 is 0 Å². The molecule has 0 saturated heterocycles. The lowest BCUT2D eigenvalue weighted by Gasteiger charge is -2.09.